The minimum Gasteiger partial charge on any atom is -0.507 e. The second-order valence-corrected chi connectivity index (χ2v) is 3.81. The molecule has 0 spiro atoms. The van der Waals surface area contributed by atoms with Crippen molar-refractivity contribution in [3.05, 3.63) is 54.1 Å². The van der Waals surface area contributed by atoms with Crippen molar-refractivity contribution in [1.82, 2.24) is 9.88 Å². The van der Waals surface area contributed by atoms with Gasteiger partial charge in [0.05, 0.1) is 0 Å². The smallest absolute Gasteiger partial charge is 0.258 e. The monoisotopic (exact) mass is 248 g/mol. The Kier molecular flexibility index (Phi) is 3.62. The van der Waals surface area contributed by atoms with Crippen LogP contribution in [0.1, 0.15) is 10.4 Å². The number of aromatic nitrogens is 1. The first kappa shape index (κ1) is 12.2. The zero-order valence-corrected chi connectivity index (χ0v) is 9.64. The number of aromatic hydroxyl groups is 1. The number of phenols is 1. The summed E-state index contributed by atoms with van der Waals surface area (Å²) in [7, 11) is 0. The number of hydrogen-bond donors (Lipinski definition) is 2. The Morgan fingerprint density at radius 1 is 1.28 bits per heavy atom. The third-order valence-electron chi connectivity index (χ3n) is 2.54. The zero-order valence-electron chi connectivity index (χ0n) is 9.64. The van der Waals surface area contributed by atoms with E-state index in [0.29, 0.717) is 13.1 Å². The van der Waals surface area contributed by atoms with Gasteiger partial charge in [0.25, 0.3) is 5.91 Å². The fraction of sp³-hybridized carbons (Fsp3) is 0.154. The third-order valence-corrected chi connectivity index (χ3v) is 2.54. The summed E-state index contributed by atoms with van der Waals surface area (Å²) in [6.45, 7) is 0.954. The number of nitrogens with zero attached hydrogens (tertiary/aromatic N) is 1. The van der Waals surface area contributed by atoms with E-state index in [1.165, 1.54) is 12.1 Å². The van der Waals surface area contributed by atoms with E-state index in [2.05, 4.69) is 5.32 Å². The van der Waals surface area contributed by atoms with Crippen LogP contribution in [0.4, 0.5) is 4.39 Å². The van der Waals surface area contributed by atoms with Crippen LogP contribution in [-0.4, -0.2) is 22.1 Å². The van der Waals surface area contributed by atoms with Gasteiger partial charge in [-0.15, -0.1) is 0 Å². The Labute approximate surface area is 104 Å². The number of amides is 1. The number of nitrogens with one attached hydrogen (secondary N) is 1. The predicted octanol–water partition coefficient (Wildman–Crippen LogP) is 1.76. The normalized spacial score (nSPS) is 10.3. The van der Waals surface area contributed by atoms with Crippen LogP contribution in [0.15, 0.2) is 42.7 Å². The van der Waals surface area contributed by atoms with Crippen molar-refractivity contribution in [2.45, 2.75) is 6.54 Å². The third kappa shape index (κ3) is 2.68. The van der Waals surface area contributed by atoms with Crippen LogP contribution in [0.3, 0.4) is 0 Å². The van der Waals surface area contributed by atoms with Crippen LogP contribution in [0.25, 0.3) is 0 Å². The molecule has 94 valence electrons. The summed E-state index contributed by atoms with van der Waals surface area (Å²) in [6.07, 6.45) is 3.74. The quantitative estimate of drug-likeness (QED) is 0.866. The van der Waals surface area contributed by atoms with Gasteiger partial charge in [-0.3, -0.25) is 4.79 Å². The van der Waals surface area contributed by atoms with Gasteiger partial charge < -0.3 is 15.0 Å². The summed E-state index contributed by atoms with van der Waals surface area (Å²) < 4.78 is 15.3. The maximum absolute atomic E-state index is 13.4. The summed E-state index contributed by atoms with van der Waals surface area (Å²) in [5.41, 5.74) is -0.315. The topological polar surface area (TPSA) is 54.3 Å². The minimum absolute atomic E-state index is 0.315. The van der Waals surface area contributed by atoms with Crippen LogP contribution in [0.5, 0.6) is 5.75 Å². The molecule has 4 nitrogen and oxygen atoms in total. The van der Waals surface area contributed by atoms with Crippen molar-refractivity contribution in [2.75, 3.05) is 6.54 Å². The van der Waals surface area contributed by atoms with Crippen molar-refractivity contribution >= 4 is 5.91 Å². The zero-order chi connectivity index (χ0) is 13.0. The lowest BCUT2D eigenvalue weighted by molar-refractivity contribution is 0.0945. The largest absolute Gasteiger partial charge is 0.507 e. The SMILES string of the molecule is O=C(NCCn1cccc1)c1c(O)cccc1F. The Balaban J connectivity index is 1.96. The molecule has 2 N–H and O–H groups in total. The van der Waals surface area contributed by atoms with Gasteiger partial charge in [-0.1, -0.05) is 6.07 Å². The second kappa shape index (κ2) is 5.35. The standard InChI is InChI=1S/C13H13FN2O2/c14-10-4-3-5-11(17)12(10)13(18)15-6-9-16-7-1-2-8-16/h1-5,7-8,17H,6,9H2,(H,15,18). The average molecular weight is 248 g/mol. The number of hydrogen-bond acceptors (Lipinski definition) is 2. The predicted molar refractivity (Wildman–Crippen MR) is 64.8 cm³/mol. The van der Waals surface area contributed by atoms with Gasteiger partial charge in [0.2, 0.25) is 0 Å². The van der Waals surface area contributed by atoms with Crippen LogP contribution >= 0.6 is 0 Å². The van der Waals surface area contributed by atoms with Crippen molar-refractivity contribution in [3.8, 4) is 5.75 Å². The van der Waals surface area contributed by atoms with Crippen LogP contribution in [-0.2, 0) is 6.54 Å². The van der Waals surface area contributed by atoms with E-state index < -0.39 is 11.7 Å². The Morgan fingerprint density at radius 2 is 2.00 bits per heavy atom. The molecule has 1 aromatic carbocycles. The number of halogens is 1. The van der Waals surface area contributed by atoms with E-state index in [1.54, 1.807) is 0 Å². The molecule has 0 aliphatic heterocycles. The lowest BCUT2D eigenvalue weighted by Gasteiger charge is -2.08. The molecule has 0 unspecified atom stereocenters. The molecule has 0 atom stereocenters. The maximum atomic E-state index is 13.4. The molecule has 2 aromatic rings. The molecule has 1 amide bonds. The van der Waals surface area contributed by atoms with E-state index in [9.17, 15) is 14.3 Å². The molecule has 0 radical (unpaired) electrons. The number of carbonyl (C=O) groups excluding carboxylic acids is 1. The number of rotatable bonds is 4. The molecule has 1 aromatic heterocycles. The first-order valence-corrected chi connectivity index (χ1v) is 5.55. The molecule has 18 heavy (non-hydrogen) atoms. The highest BCUT2D eigenvalue weighted by Gasteiger charge is 2.15. The first-order valence-electron chi connectivity index (χ1n) is 5.55. The van der Waals surface area contributed by atoms with E-state index in [1.807, 2.05) is 29.1 Å². The summed E-state index contributed by atoms with van der Waals surface area (Å²) in [4.78, 5) is 11.7. The molecule has 5 heteroatoms. The molecule has 2 rings (SSSR count). The van der Waals surface area contributed by atoms with Gasteiger partial charge in [-0.25, -0.2) is 4.39 Å². The van der Waals surface area contributed by atoms with Crippen LogP contribution in [0.2, 0.25) is 0 Å². The molecule has 0 saturated heterocycles. The second-order valence-electron chi connectivity index (χ2n) is 3.81. The summed E-state index contributed by atoms with van der Waals surface area (Å²) in [6, 6.07) is 7.53. The van der Waals surface area contributed by atoms with Crippen LogP contribution in [0, 0.1) is 5.82 Å². The lowest BCUT2D eigenvalue weighted by Crippen LogP contribution is -2.27. The van der Waals surface area contributed by atoms with E-state index in [0.717, 1.165) is 6.07 Å². The highest BCUT2D eigenvalue weighted by molar-refractivity contribution is 5.97. The Hall–Kier alpha value is -2.30. The molecular weight excluding hydrogens is 235 g/mol. The summed E-state index contributed by atoms with van der Waals surface area (Å²) in [5.74, 6) is -1.69. The van der Waals surface area contributed by atoms with Crippen molar-refractivity contribution in [2.24, 2.45) is 0 Å². The van der Waals surface area contributed by atoms with Crippen molar-refractivity contribution < 1.29 is 14.3 Å². The molecule has 0 saturated carbocycles. The molecule has 1 heterocycles. The van der Waals surface area contributed by atoms with Crippen molar-refractivity contribution in [1.29, 1.82) is 0 Å². The van der Waals surface area contributed by atoms with Crippen molar-refractivity contribution in [3.63, 3.8) is 0 Å². The van der Waals surface area contributed by atoms with E-state index in [-0.39, 0.29) is 11.3 Å². The van der Waals surface area contributed by atoms with E-state index in [4.69, 9.17) is 0 Å². The van der Waals surface area contributed by atoms with Gasteiger partial charge in [-0.2, -0.15) is 0 Å². The Morgan fingerprint density at radius 3 is 2.67 bits per heavy atom. The first-order chi connectivity index (χ1) is 8.68. The molecule has 0 aliphatic rings. The van der Waals surface area contributed by atoms with E-state index >= 15 is 0 Å². The molecular formula is C13H13FN2O2. The lowest BCUT2D eigenvalue weighted by atomic mass is 10.1. The molecule has 0 fully saturated rings. The number of carbonyl (C=O) groups is 1. The summed E-state index contributed by atoms with van der Waals surface area (Å²) in [5, 5.41) is 12.0. The van der Waals surface area contributed by atoms with Gasteiger partial charge in [0, 0.05) is 25.5 Å². The van der Waals surface area contributed by atoms with Gasteiger partial charge >= 0.3 is 0 Å². The average Bonchev–Trinajstić information content (AvgIpc) is 2.82. The molecule has 0 aliphatic carbocycles. The van der Waals surface area contributed by atoms with Gasteiger partial charge in [0.1, 0.15) is 17.1 Å². The maximum Gasteiger partial charge on any atom is 0.258 e. The van der Waals surface area contributed by atoms with Gasteiger partial charge in [-0.05, 0) is 24.3 Å². The minimum atomic E-state index is -0.728. The highest BCUT2D eigenvalue weighted by atomic mass is 19.1. The summed E-state index contributed by atoms with van der Waals surface area (Å²) >= 11 is 0. The Bertz CT molecular complexity index is 518. The molecule has 0 bridgehead atoms. The number of benzene rings is 1. The fourth-order valence-corrected chi connectivity index (χ4v) is 1.64. The number of phenolic OH excluding ortho intramolecular Hbond substituents is 1. The fourth-order valence-electron chi connectivity index (χ4n) is 1.64. The van der Waals surface area contributed by atoms with Gasteiger partial charge in [0.15, 0.2) is 0 Å². The highest BCUT2D eigenvalue weighted by Crippen LogP contribution is 2.19. The van der Waals surface area contributed by atoms with Crippen LogP contribution < -0.4 is 5.32 Å².